The summed E-state index contributed by atoms with van der Waals surface area (Å²) in [6.07, 6.45) is 0. The number of halogens is 2. The molecule has 4 nitrogen and oxygen atoms in total. The summed E-state index contributed by atoms with van der Waals surface area (Å²) in [5.41, 5.74) is 4.75. The van der Waals surface area contributed by atoms with Crippen LogP contribution in [-0.2, 0) is 16.1 Å². The highest BCUT2D eigenvalue weighted by Crippen LogP contribution is 2.33. The van der Waals surface area contributed by atoms with Crippen LogP contribution < -0.4 is 5.32 Å². The normalized spacial score (nSPS) is 13.9. The van der Waals surface area contributed by atoms with Gasteiger partial charge in [-0.25, -0.2) is 0 Å². The number of amides is 2. The van der Waals surface area contributed by atoms with Gasteiger partial charge < -0.3 is 5.32 Å². The Morgan fingerprint density at radius 3 is 2.13 bits per heavy atom. The maximum atomic E-state index is 13.4. The van der Waals surface area contributed by atoms with E-state index in [1.807, 2.05) is 44.2 Å². The zero-order valence-electron chi connectivity index (χ0n) is 17.1. The van der Waals surface area contributed by atoms with Gasteiger partial charge in [0.15, 0.2) is 0 Å². The summed E-state index contributed by atoms with van der Waals surface area (Å²) in [5, 5.41) is 4.32. The zero-order valence-corrected chi connectivity index (χ0v) is 18.6. The molecule has 1 N–H and O–H groups in total. The summed E-state index contributed by atoms with van der Waals surface area (Å²) in [6.45, 7) is 4.04. The van der Waals surface area contributed by atoms with Crippen LogP contribution in [0.5, 0.6) is 0 Å². The molecule has 3 aromatic carbocycles. The molecule has 0 atom stereocenters. The van der Waals surface area contributed by atoms with Crippen molar-refractivity contribution in [3.8, 4) is 0 Å². The van der Waals surface area contributed by atoms with Crippen LogP contribution in [0.1, 0.15) is 22.3 Å². The lowest BCUT2D eigenvalue weighted by Gasteiger charge is -2.16. The summed E-state index contributed by atoms with van der Waals surface area (Å²) in [7, 11) is 0. The van der Waals surface area contributed by atoms with Crippen molar-refractivity contribution in [3.05, 3.63) is 105 Å². The smallest absolute Gasteiger partial charge is 0.278 e. The maximum Gasteiger partial charge on any atom is 0.278 e. The number of anilines is 1. The fraction of sp³-hybridized carbons (Fsp3) is 0.120. The SMILES string of the molecule is Cc1ccc(C2=C(Nc3cc(Cl)ccc3C)C(=O)N(Cc3ccc(Cl)cc3)C2=O)cc1. The Labute approximate surface area is 191 Å². The van der Waals surface area contributed by atoms with Gasteiger partial charge >= 0.3 is 0 Å². The van der Waals surface area contributed by atoms with Crippen LogP contribution in [0.2, 0.25) is 10.0 Å². The van der Waals surface area contributed by atoms with E-state index in [1.165, 1.54) is 4.90 Å². The molecule has 4 rings (SSSR count). The summed E-state index contributed by atoms with van der Waals surface area (Å²) < 4.78 is 0. The number of rotatable bonds is 5. The van der Waals surface area contributed by atoms with Crippen molar-refractivity contribution < 1.29 is 9.59 Å². The largest absolute Gasteiger partial charge is 0.350 e. The quantitative estimate of drug-likeness (QED) is 0.484. The van der Waals surface area contributed by atoms with Crippen LogP contribution in [0.15, 0.2) is 72.4 Å². The zero-order chi connectivity index (χ0) is 22.1. The minimum absolute atomic E-state index is 0.157. The minimum Gasteiger partial charge on any atom is -0.350 e. The van der Waals surface area contributed by atoms with Gasteiger partial charge in [0.25, 0.3) is 11.8 Å². The molecule has 0 saturated carbocycles. The molecule has 0 saturated heterocycles. The average Bonchev–Trinajstić information content (AvgIpc) is 2.97. The Morgan fingerprint density at radius 1 is 0.806 bits per heavy atom. The monoisotopic (exact) mass is 450 g/mol. The standard InChI is InChI=1S/C25H20Cl2N2O2/c1-15-3-8-18(9-4-15)22-23(28-21-13-20(27)10-5-16(21)2)25(31)29(24(22)30)14-17-6-11-19(26)12-7-17/h3-13,28H,14H2,1-2H3. The molecule has 156 valence electrons. The van der Waals surface area contributed by atoms with E-state index >= 15 is 0 Å². The van der Waals surface area contributed by atoms with Gasteiger partial charge in [-0.15, -0.1) is 0 Å². The second-order valence-corrected chi connectivity index (χ2v) is 8.40. The van der Waals surface area contributed by atoms with Gasteiger partial charge in [-0.1, -0.05) is 71.2 Å². The lowest BCUT2D eigenvalue weighted by Crippen LogP contribution is -2.32. The number of aryl methyl sites for hydroxylation is 2. The topological polar surface area (TPSA) is 49.4 Å². The molecule has 1 aliphatic heterocycles. The van der Waals surface area contributed by atoms with E-state index in [0.29, 0.717) is 26.9 Å². The Bertz CT molecular complexity index is 1200. The minimum atomic E-state index is -0.380. The summed E-state index contributed by atoms with van der Waals surface area (Å²) in [4.78, 5) is 28.0. The van der Waals surface area contributed by atoms with Crippen LogP contribution in [0.3, 0.4) is 0 Å². The fourth-order valence-corrected chi connectivity index (χ4v) is 3.76. The predicted molar refractivity (Wildman–Crippen MR) is 125 cm³/mol. The molecule has 0 fully saturated rings. The summed E-state index contributed by atoms with van der Waals surface area (Å²) in [6, 6.07) is 20.0. The van der Waals surface area contributed by atoms with E-state index in [1.54, 1.807) is 36.4 Å². The van der Waals surface area contributed by atoms with Gasteiger partial charge in [-0.05, 0) is 54.8 Å². The van der Waals surface area contributed by atoms with Crippen LogP contribution in [0.4, 0.5) is 5.69 Å². The van der Waals surface area contributed by atoms with Crippen LogP contribution in [-0.4, -0.2) is 16.7 Å². The van der Waals surface area contributed by atoms with Gasteiger partial charge in [0, 0.05) is 15.7 Å². The molecule has 3 aromatic rings. The molecule has 0 spiro atoms. The van der Waals surface area contributed by atoms with Gasteiger partial charge in [0.05, 0.1) is 12.1 Å². The van der Waals surface area contributed by atoms with E-state index in [-0.39, 0.29) is 24.1 Å². The lowest BCUT2D eigenvalue weighted by atomic mass is 10.0. The highest BCUT2D eigenvalue weighted by molar-refractivity contribution is 6.36. The Kier molecular flexibility index (Phi) is 5.86. The molecule has 2 amide bonds. The number of benzene rings is 3. The van der Waals surface area contributed by atoms with Crippen LogP contribution in [0.25, 0.3) is 5.57 Å². The van der Waals surface area contributed by atoms with E-state index < -0.39 is 0 Å². The van der Waals surface area contributed by atoms with E-state index in [9.17, 15) is 9.59 Å². The molecule has 6 heteroatoms. The van der Waals surface area contributed by atoms with Crippen molar-refractivity contribution in [1.29, 1.82) is 0 Å². The second-order valence-electron chi connectivity index (χ2n) is 7.52. The van der Waals surface area contributed by atoms with Crippen LogP contribution >= 0.6 is 23.2 Å². The molecule has 31 heavy (non-hydrogen) atoms. The molecule has 0 aromatic heterocycles. The third-order valence-electron chi connectivity index (χ3n) is 5.22. The third kappa shape index (κ3) is 4.36. The van der Waals surface area contributed by atoms with Crippen LogP contribution in [0, 0.1) is 13.8 Å². The number of imide groups is 1. The highest BCUT2D eigenvalue weighted by Gasteiger charge is 2.39. The van der Waals surface area contributed by atoms with Gasteiger partial charge in [0.1, 0.15) is 5.70 Å². The van der Waals surface area contributed by atoms with E-state index in [0.717, 1.165) is 16.7 Å². The number of hydrogen-bond acceptors (Lipinski definition) is 3. The summed E-state index contributed by atoms with van der Waals surface area (Å²) >= 11 is 12.1. The van der Waals surface area contributed by atoms with Crippen molar-refractivity contribution in [3.63, 3.8) is 0 Å². The predicted octanol–water partition coefficient (Wildman–Crippen LogP) is 6.00. The lowest BCUT2D eigenvalue weighted by molar-refractivity contribution is -0.137. The van der Waals surface area contributed by atoms with Crippen molar-refractivity contribution in [2.75, 3.05) is 5.32 Å². The number of carbonyl (C=O) groups excluding carboxylic acids is 2. The Hall–Kier alpha value is -3.08. The van der Waals surface area contributed by atoms with Gasteiger partial charge in [-0.3, -0.25) is 14.5 Å². The third-order valence-corrected chi connectivity index (χ3v) is 5.71. The van der Waals surface area contributed by atoms with Crippen molar-refractivity contribution in [2.45, 2.75) is 20.4 Å². The second kappa shape index (κ2) is 8.58. The number of nitrogens with zero attached hydrogens (tertiary/aromatic N) is 1. The van der Waals surface area contributed by atoms with Crippen molar-refractivity contribution >= 4 is 46.3 Å². The van der Waals surface area contributed by atoms with E-state index in [4.69, 9.17) is 23.2 Å². The van der Waals surface area contributed by atoms with Gasteiger partial charge in [0.2, 0.25) is 0 Å². The molecular formula is C25H20Cl2N2O2. The first-order chi connectivity index (χ1) is 14.8. The first kappa shape index (κ1) is 21.2. The molecule has 0 bridgehead atoms. The Morgan fingerprint density at radius 2 is 1.45 bits per heavy atom. The number of nitrogens with one attached hydrogen (secondary N) is 1. The highest BCUT2D eigenvalue weighted by atomic mass is 35.5. The molecule has 0 aliphatic carbocycles. The Balaban J connectivity index is 1.76. The summed E-state index contributed by atoms with van der Waals surface area (Å²) in [5.74, 6) is -0.721. The first-order valence-corrected chi connectivity index (χ1v) is 10.5. The molecular weight excluding hydrogens is 431 g/mol. The molecule has 1 heterocycles. The maximum absolute atomic E-state index is 13.4. The van der Waals surface area contributed by atoms with Gasteiger partial charge in [-0.2, -0.15) is 0 Å². The first-order valence-electron chi connectivity index (χ1n) is 9.78. The average molecular weight is 451 g/mol. The van der Waals surface area contributed by atoms with Crippen molar-refractivity contribution in [2.24, 2.45) is 0 Å². The molecule has 0 radical (unpaired) electrons. The molecule has 0 unspecified atom stereocenters. The van der Waals surface area contributed by atoms with E-state index in [2.05, 4.69) is 5.32 Å². The number of hydrogen-bond donors (Lipinski definition) is 1. The fourth-order valence-electron chi connectivity index (χ4n) is 3.46. The number of carbonyl (C=O) groups is 2. The molecule has 1 aliphatic rings. The van der Waals surface area contributed by atoms with Crippen molar-refractivity contribution in [1.82, 2.24) is 4.90 Å².